The van der Waals surface area contributed by atoms with Crippen LogP contribution in [0.4, 0.5) is 4.39 Å². The molecule has 1 aromatic rings. The zero-order valence-electron chi connectivity index (χ0n) is 13.4. The number of likely N-dealkylation sites (tertiary alicyclic amines) is 1. The topological polar surface area (TPSA) is 32.3 Å². The van der Waals surface area contributed by atoms with E-state index < -0.39 is 0 Å². The first-order valence-corrected chi connectivity index (χ1v) is 7.93. The maximum absolute atomic E-state index is 13.7. The largest absolute Gasteiger partial charge is 0.352 e. The molecule has 0 aromatic heterocycles. The maximum atomic E-state index is 13.7. The van der Waals surface area contributed by atoms with E-state index in [9.17, 15) is 9.18 Å². The van der Waals surface area contributed by atoms with Crippen LogP contribution in [0.5, 0.6) is 0 Å². The number of carbonyl (C=O) groups excluding carboxylic acids is 1. The normalized spacial score (nSPS) is 18.8. The lowest BCUT2D eigenvalue weighted by Crippen LogP contribution is -2.40. The molecular weight excluding hydrogens is 279 g/mol. The van der Waals surface area contributed by atoms with Gasteiger partial charge in [0.2, 0.25) is 5.91 Å². The molecular formula is C18H25FN2O. The molecule has 0 spiro atoms. The Morgan fingerprint density at radius 1 is 1.41 bits per heavy atom. The fourth-order valence-corrected chi connectivity index (χ4v) is 2.89. The van der Waals surface area contributed by atoms with Gasteiger partial charge in [-0.1, -0.05) is 23.8 Å². The van der Waals surface area contributed by atoms with Gasteiger partial charge in [0.25, 0.3) is 0 Å². The van der Waals surface area contributed by atoms with Gasteiger partial charge in [0, 0.05) is 31.3 Å². The van der Waals surface area contributed by atoms with Gasteiger partial charge in [-0.3, -0.25) is 9.69 Å². The molecule has 1 aromatic carbocycles. The smallest absolute Gasteiger partial charge is 0.243 e. The van der Waals surface area contributed by atoms with E-state index in [1.165, 1.54) is 6.07 Å². The molecule has 0 aliphatic carbocycles. The number of hydrogen-bond donors (Lipinski definition) is 1. The summed E-state index contributed by atoms with van der Waals surface area (Å²) in [6.07, 6.45) is 3.83. The highest BCUT2D eigenvalue weighted by molar-refractivity contribution is 5.87. The minimum Gasteiger partial charge on any atom is -0.352 e. The van der Waals surface area contributed by atoms with Crippen LogP contribution < -0.4 is 5.32 Å². The number of allylic oxidation sites excluding steroid dienone is 1. The van der Waals surface area contributed by atoms with E-state index in [0.717, 1.165) is 37.1 Å². The van der Waals surface area contributed by atoms with E-state index in [2.05, 4.69) is 10.2 Å². The van der Waals surface area contributed by atoms with Crippen LogP contribution in [0.2, 0.25) is 0 Å². The number of nitrogens with zero attached hydrogens (tertiary/aromatic N) is 1. The van der Waals surface area contributed by atoms with Crippen molar-refractivity contribution in [2.45, 2.75) is 33.2 Å². The Labute approximate surface area is 132 Å². The number of nitrogens with one attached hydrogen (secondary N) is 1. The predicted octanol–water partition coefficient (Wildman–Crippen LogP) is 3.12. The molecule has 0 bridgehead atoms. The molecule has 1 aliphatic rings. The Balaban J connectivity index is 1.83. The van der Waals surface area contributed by atoms with Gasteiger partial charge < -0.3 is 5.32 Å². The summed E-state index contributed by atoms with van der Waals surface area (Å²) in [5.74, 6) is 0.280. The second kappa shape index (κ2) is 8.08. The molecule has 1 saturated heterocycles. The Kier molecular flexibility index (Phi) is 6.13. The molecule has 4 heteroatoms. The molecule has 1 atom stereocenters. The van der Waals surface area contributed by atoms with E-state index in [1.54, 1.807) is 12.1 Å². The second-order valence-electron chi connectivity index (χ2n) is 6.30. The van der Waals surface area contributed by atoms with Crippen LogP contribution in [0, 0.1) is 11.7 Å². The van der Waals surface area contributed by atoms with Gasteiger partial charge in [-0.2, -0.15) is 0 Å². The van der Waals surface area contributed by atoms with E-state index in [4.69, 9.17) is 0 Å². The molecule has 1 aliphatic heterocycles. The van der Waals surface area contributed by atoms with Crippen LogP contribution in [0.25, 0.3) is 0 Å². The Morgan fingerprint density at radius 2 is 2.18 bits per heavy atom. The average molecular weight is 304 g/mol. The van der Waals surface area contributed by atoms with Gasteiger partial charge >= 0.3 is 0 Å². The fraction of sp³-hybridized carbons (Fsp3) is 0.500. The third-order valence-electron chi connectivity index (χ3n) is 3.94. The summed E-state index contributed by atoms with van der Waals surface area (Å²) in [6.45, 7) is 7.06. The summed E-state index contributed by atoms with van der Waals surface area (Å²) < 4.78 is 13.7. The summed E-state index contributed by atoms with van der Waals surface area (Å²) in [7, 11) is 0. The molecule has 3 nitrogen and oxygen atoms in total. The SMILES string of the molecule is CC(C)=CC(=O)NCC1CCCN(Cc2ccccc2F)C1. The average Bonchev–Trinajstić information content (AvgIpc) is 2.47. The van der Waals surface area contributed by atoms with Gasteiger partial charge in [0.15, 0.2) is 0 Å². The lowest BCUT2D eigenvalue weighted by molar-refractivity contribution is -0.116. The Bertz CT molecular complexity index is 538. The lowest BCUT2D eigenvalue weighted by atomic mass is 9.97. The summed E-state index contributed by atoms with van der Waals surface area (Å²) in [6, 6.07) is 6.95. The highest BCUT2D eigenvalue weighted by atomic mass is 19.1. The number of amides is 1. The maximum Gasteiger partial charge on any atom is 0.243 e. The quantitative estimate of drug-likeness (QED) is 0.848. The van der Waals surface area contributed by atoms with Crippen molar-refractivity contribution >= 4 is 5.91 Å². The van der Waals surface area contributed by atoms with Crippen molar-refractivity contribution in [3.05, 3.63) is 47.3 Å². The number of benzene rings is 1. The molecule has 1 N–H and O–H groups in total. The van der Waals surface area contributed by atoms with Crippen LogP contribution in [0.1, 0.15) is 32.3 Å². The van der Waals surface area contributed by atoms with Gasteiger partial charge in [-0.05, 0) is 45.2 Å². The van der Waals surface area contributed by atoms with Crippen molar-refractivity contribution in [1.29, 1.82) is 0 Å². The zero-order valence-corrected chi connectivity index (χ0v) is 13.4. The third kappa shape index (κ3) is 5.26. The van der Waals surface area contributed by atoms with Crippen LogP contribution in [0.3, 0.4) is 0 Å². The summed E-state index contributed by atoms with van der Waals surface area (Å²) in [5, 5.41) is 2.96. The number of rotatable bonds is 5. The summed E-state index contributed by atoms with van der Waals surface area (Å²) in [5.41, 5.74) is 1.75. The molecule has 22 heavy (non-hydrogen) atoms. The Hall–Kier alpha value is -1.68. The van der Waals surface area contributed by atoms with Crippen molar-refractivity contribution in [2.24, 2.45) is 5.92 Å². The first-order chi connectivity index (χ1) is 10.5. The summed E-state index contributed by atoms with van der Waals surface area (Å²) >= 11 is 0. The van der Waals surface area contributed by atoms with Crippen molar-refractivity contribution in [3.8, 4) is 0 Å². The Morgan fingerprint density at radius 3 is 2.91 bits per heavy atom. The minimum atomic E-state index is -0.138. The monoisotopic (exact) mass is 304 g/mol. The molecule has 1 amide bonds. The van der Waals surface area contributed by atoms with Gasteiger partial charge in [-0.25, -0.2) is 4.39 Å². The lowest BCUT2D eigenvalue weighted by Gasteiger charge is -2.32. The molecule has 0 radical (unpaired) electrons. The van der Waals surface area contributed by atoms with Crippen LogP contribution in [-0.4, -0.2) is 30.4 Å². The van der Waals surface area contributed by atoms with Crippen molar-refractivity contribution in [1.82, 2.24) is 10.2 Å². The van der Waals surface area contributed by atoms with Crippen molar-refractivity contribution in [3.63, 3.8) is 0 Å². The summed E-state index contributed by atoms with van der Waals surface area (Å²) in [4.78, 5) is 13.9. The standard InChI is InChI=1S/C18H25FN2O/c1-14(2)10-18(22)20-11-15-6-5-9-21(12-15)13-16-7-3-4-8-17(16)19/h3-4,7-8,10,15H,5-6,9,11-13H2,1-2H3,(H,20,22). The zero-order chi connectivity index (χ0) is 15.9. The predicted molar refractivity (Wildman–Crippen MR) is 86.8 cm³/mol. The number of halogens is 1. The molecule has 1 unspecified atom stereocenters. The van der Waals surface area contributed by atoms with Crippen LogP contribution in [0.15, 0.2) is 35.9 Å². The third-order valence-corrected chi connectivity index (χ3v) is 3.94. The van der Waals surface area contributed by atoms with E-state index >= 15 is 0 Å². The molecule has 2 rings (SSSR count). The van der Waals surface area contributed by atoms with Crippen molar-refractivity contribution in [2.75, 3.05) is 19.6 Å². The molecule has 1 heterocycles. The molecule has 120 valence electrons. The first kappa shape index (κ1) is 16.7. The van der Waals surface area contributed by atoms with Crippen molar-refractivity contribution < 1.29 is 9.18 Å². The number of carbonyl (C=O) groups is 1. The van der Waals surface area contributed by atoms with E-state index in [1.807, 2.05) is 26.0 Å². The first-order valence-electron chi connectivity index (χ1n) is 7.93. The van der Waals surface area contributed by atoms with Gasteiger partial charge in [0.1, 0.15) is 5.82 Å². The van der Waals surface area contributed by atoms with E-state index in [-0.39, 0.29) is 11.7 Å². The molecule has 0 saturated carbocycles. The van der Waals surface area contributed by atoms with Crippen LogP contribution in [-0.2, 0) is 11.3 Å². The fourth-order valence-electron chi connectivity index (χ4n) is 2.89. The second-order valence-corrected chi connectivity index (χ2v) is 6.30. The highest BCUT2D eigenvalue weighted by Gasteiger charge is 2.20. The van der Waals surface area contributed by atoms with E-state index in [0.29, 0.717) is 19.0 Å². The van der Waals surface area contributed by atoms with Gasteiger partial charge in [-0.15, -0.1) is 0 Å². The number of hydrogen-bond acceptors (Lipinski definition) is 2. The molecule has 1 fully saturated rings. The van der Waals surface area contributed by atoms with Crippen LogP contribution >= 0.6 is 0 Å². The number of piperidine rings is 1. The minimum absolute atomic E-state index is 0.0220. The van der Waals surface area contributed by atoms with Gasteiger partial charge in [0.05, 0.1) is 0 Å². The highest BCUT2D eigenvalue weighted by Crippen LogP contribution is 2.19.